The standard InChI is InChI=1S/C30H34N4O6/c35-25(21-9-15-33(17-21)27(37)29(39)11-12-29)31-23-5-1-19(2-6-23)20-3-7-24(8-4-20)32-26(36)22-10-16-34(18-22)28(38)30(40)13-14-30/h1-8,21-22,39-40H,9-18H2,(H,31,35)(H,32,36)/t21-,22+. The average molecular weight is 547 g/mol. The third kappa shape index (κ3) is 5.33. The molecule has 2 aromatic rings. The molecule has 4 amide bonds. The van der Waals surface area contributed by atoms with Crippen LogP contribution in [0, 0.1) is 11.8 Å². The van der Waals surface area contributed by atoms with Crippen molar-refractivity contribution < 1.29 is 29.4 Å². The van der Waals surface area contributed by atoms with Gasteiger partial charge in [-0.15, -0.1) is 0 Å². The third-order valence-corrected chi connectivity index (χ3v) is 8.57. The van der Waals surface area contributed by atoms with E-state index in [2.05, 4.69) is 10.6 Å². The summed E-state index contributed by atoms with van der Waals surface area (Å²) in [5.74, 6) is -1.39. The number of carbonyl (C=O) groups is 4. The Bertz CT molecular complexity index is 1230. The van der Waals surface area contributed by atoms with Crippen molar-refractivity contribution in [3.05, 3.63) is 48.5 Å². The zero-order chi connectivity index (χ0) is 28.1. The van der Waals surface area contributed by atoms with Crippen molar-refractivity contribution in [2.24, 2.45) is 11.8 Å². The Labute approximate surface area is 232 Å². The second-order valence-corrected chi connectivity index (χ2v) is 11.7. The minimum atomic E-state index is -1.20. The van der Waals surface area contributed by atoms with Crippen molar-refractivity contribution >= 4 is 35.0 Å². The molecule has 2 saturated carbocycles. The molecular weight excluding hydrogens is 512 g/mol. The molecule has 0 bridgehead atoms. The SMILES string of the molecule is O=C(Nc1ccc(-c2ccc(NC(=O)[C@H]3CCN(C(=O)C4(O)CC4)C3)cc2)cc1)[C@@H]1CCN(C(=O)C2(O)CC2)C1. The van der Waals surface area contributed by atoms with Crippen molar-refractivity contribution in [3.8, 4) is 11.1 Å². The largest absolute Gasteiger partial charge is 0.380 e. The Balaban J connectivity index is 0.990. The molecule has 10 heteroatoms. The molecule has 2 saturated heterocycles. The van der Waals surface area contributed by atoms with Crippen LogP contribution in [-0.2, 0) is 19.2 Å². The van der Waals surface area contributed by atoms with Crippen LogP contribution >= 0.6 is 0 Å². The Morgan fingerprint density at radius 1 is 0.625 bits per heavy atom. The van der Waals surface area contributed by atoms with E-state index in [1.54, 1.807) is 9.80 Å². The zero-order valence-corrected chi connectivity index (χ0v) is 22.3. The molecule has 0 radical (unpaired) electrons. The van der Waals surface area contributed by atoms with Crippen LogP contribution in [-0.4, -0.2) is 81.0 Å². The molecule has 10 nitrogen and oxygen atoms in total. The van der Waals surface area contributed by atoms with E-state index in [0.717, 1.165) is 11.1 Å². The summed E-state index contributed by atoms with van der Waals surface area (Å²) in [7, 11) is 0. The first-order valence-corrected chi connectivity index (χ1v) is 14.0. The van der Waals surface area contributed by atoms with Gasteiger partial charge in [0, 0.05) is 37.6 Å². The number of hydrogen-bond donors (Lipinski definition) is 4. The van der Waals surface area contributed by atoms with E-state index < -0.39 is 11.2 Å². The predicted molar refractivity (Wildman–Crippen MR) is 147 cm³/mol. The Morgan fingerprint density at radius 3 is 1.30 bits per heavy atom. The van der Waals surface area contributed by atoms with Crippen molar-refractivity contribution in [1.82, 2.24) is 9.80 Å². The Hall–Kier alpha value is -3.76. The maximum absolute atomic E-state index is 12.7. The van der Waals surface area contributed by atoms with E-state index in [0.29, 0.717) is 76.1 Å². The number of hydrogen-bond acceptors (Lipinski definition) is 6. The van der Waals surface area contributed by atoms with E-state index in [1.165, 1.54) is 0 Å². The summed E-state index contributed by atoms with van der Waals surface area (Å²) < 4.78 is 0. The molecule has 6 rings (SSSR count). The van der Waals surface area contributed by atoms with Crippen molar-refractivity contribution in [2.45, 2.75) is 49.7 Å². The Kier molecular flexibility index (Phi) is 6.62. The lowest BCUT2D eigenvalue weighted by molar-refractivity contribution is -0.142. The highest BCUT2D eigenvalue weighted by Crippen LogP contribution is 2.39. The normalized spacial score (nSPS) is 23.9. The molecule has 4 aliphatic rings. The zero-order valence-electron chi connectivity index (χ0n) is 22.3. The van der Waals surface area contributed by atoms with Crippen LogP contribution in [0.3, 0.4) is 0 Å². The van der Waals surface area contributed by atoms with E-state index in [9.17, 15) is 29.4 Å². The second kappa shape index (κ2) is 10.0. The number of anilines is 2. The van der Waals surface area contributed by atoms with Gasteiger partial charge in [-0.3, -0.25) is 19.2 Å². The average Bonchev–Trinajstić information content (AvgIpc) is 3.73. The highest BCUT2D eigenvalue weighted by molar-refractivity contribution is 5.96. The van der Waals surface area contributed by atoms with Crippen LogP contribution in [0.5, 0.6) is 0 Å². The van der Waals surface area contributed by atoms with Crippen LogP contribution in [0.2, 0.25) is 0 Å². The molecule has 4 N–H and O–H groups in total. The Morgan fingerprint density at radius 2 is 0.975 bits per heavy atom. The summed E-state index contributed by atoms with van der Waals surface area (Å²) in [5.41, 5.74) is 0.834. The van der Waals surface area contributed by atoms with Crippen molar-refractivity contribution in [1.29, 1.82) is 0 Å². The number of benzene rings is 2. The third-order valence-electron chi connectivity index (χ3n) is 8.57. The van der Waals surface area contributed by atoms with Gasteiger partial charge in [-0.2, -0.15) is 0 Å². The molecule has 0 spiro atoms. The monoisotopic (exact) mass is 546 g/mol. The topological polar surface area (TPSA) is 139 Å². The first kappa shape index (κ1) is 26.5. The fraction of sp³-hybridized carbons (Fsp3) is 0.467. The fourth-order valence-corrected chi connectivity index (χ4v) is 5.55. The predicted octanol–water partition coefficient (Wildman–Crippen LogP) is 1.98. The highest BCUT2D eigenvalue weighted by atomic mass is 16.3. The molecule has 210 valence electrons. The minimum absolute atomic E-state index is 0.135. The molecule has 2 heterocycles. The number of likely N-dealkylation sites (tertiary alicyclic amines) is 2. The van der Waals surface area contributed by atoms with Gasteiger partial charge in [0.25, 0.3) is 11.8 Å². The van der Waals surface area contributed by atoms with Gasteiger partial charge in [0.2, 0.25) is 11.8 Å². The molecule has 0 unspecified atom stereocenters. The fourth-order valence-electron chi connectivity index (χ4n) is 5.55. The number of nitrogens with one attached hydrogen (secondary N) is 2. The smallest absolute Gasteiger partial charge is 0.254 e. The number of carbonyl (C=O) groups excluding carboxylic acids is 4. The number of rotatable bonds is 7. The van der Waals surface area contributed by atoms with Gasteiger partial charge >= 0.3 is 0 Å². The van der Waals surface area contributed by atoms with Crippen LogP contribution in [0.1, 0.15) is 38.5 Å². The van der Waals surface area contributed by atoms with Gasteiger partial charge in [-0.05, 0) is 73.9 Å². The molecule has 2 aromatic carbocycles. The van der Waals surface area contributed by atoms with Crippen LogP contribution < -0.4 is 10.6 Å². The van der Waals surface area contributed by atoms with E-state index >= 15 is 0 Å². The quantitative estimate of drug-likeness (QED) is 0.419. The van der Waals surface area contributed by atoms with Gasteiger partial charge in [0.15, 0.2) is 0 Å². The van der Waals surface area contributed by atoms with Gasteiger partial charge in [-0.1, -0.05) is 24.3 Å². The summed E-state index contributed by atoms with van der Waals surface area (Å²) in [4.78, 5) is 53.3. The lowest BCUT2D eigenvalue weighted by Gasteiger charge is -2.19. The van der Waals surface area contributed by atoms with Crippen LogP contribution in [0.4, 0.5) is 11.4 Å². The number of aliphatic hydroxyl groups is 2. The minimum Gasteiger partial charge on any atom is -0.380 e. The van der Waals surface area contributed by atoms with Crippen molar-refractivity contribution in [3.63, 3.8) is 0 Å². The maximum atomic E-state index is 12.7. The second-order valence-electron chi connectivity index (χ2n) is 11.7. The van der Waals surface area contributed by atoms with E-state index in [1.807, 2.05) is 48.5 Å². The molecule has 2 aliphatic carbocycles. The van der Waals surface area contributed by atoms with Gasteiger partial charge < -0.3 is 30.6 Å². The van der Waals surface area contributed by atoms with E-state index in [-0.39, 0.29) is 35.5 Å². The van der Waals surface area contributed by atoms with Crippen LogP contribution in [0.15, 0.2) is 48.5 Å². The van der Waals surface area contributed by atoms with E-state index in [4.69, 9.17) is 0 Å². The highest BCUT2D eigenvalue weighted by Gasteiger charge is 2.52. The van der Waals surface area contributed by atoms with Gasteiger partial charge in [-0.25, -0.2) is 0 Å². The summed E-state index contributed by atoms with van der Waals surface area (Å²) in [5, 5.41) is 26.0. The number of nitrogens with zero attached hydrogens (tertiary/aromatic N) is 2. The lowest BCUT2D eigenvalue weighted by atomic mass is 10.0. The molecule has 40 heavy (non-hydrogen) atoms. The number of amides is 4. The summed E-state index contributed by atoms with van der Waals surface area (Å²) in [6.45, 7) is 1.62. The molecular formula is C30H34N4O6. The maximum Gasteiger partial charge on any atom is 0.254 e. The summed E-state index contributed by atoms with van der Waals surface area (Å²) in [6, 6.07) is 15.0. The lowest BCUT2D eigenvalue weighted by Crippen LogP contribution is -2.39. The first-order chi connectivity index (χ1) is 19.1. The molecule has 2 atom stereocenters. The summed E-state index contributed by atoms with van der Waals surface area (Å²) >= 11 is 0. The molecule has 0 aromatic heterocycles. The molecule has 2 aliphatic heterocycles. The van der Waals surface area contributed by atoms with Crippen molar-refractivity contribution in [2.75, 3.05) is 36.8 Å². The van der Waals surface area contributed by atoms with Crippen LogP contribution in [0.25, 0.3) is 11.1 Å². The molecule has 4 fully saturated rings. The van der Waals surface area contributed by atoms with Gasteiger partial charge in [0.05, 0.1) is 11.8 Å². The first-order valence-electron chi connectivity index (χ1n) is 14.0. The van der Waals surface area contributed by atoms with Gasteiger partial charge in [0.1, 0.15) is 11.2 Å². The summed E-state index contributed by atoms with van der Waals surface area (Å²) in [6.07, 6.45) is 3.15.